The molecule has 0 radical (unpaired) electrons. The number of carbonyl (C=O) groups excluding carboxylic acids is 3. The number of rotatable bonds is 3. The Hall–Kier alpha value is -3.87. The van der Waals surface area contributed by atoms with E-state index in [4.69, 9.17) is 0 Å². The molecule has 0 fully saturated rings. The summed E-state index contributed by atoms with van der Waals surface area (Å²) in [5.74, 6) is -14.0. The third kappa shape index (κ3) is 7.56. The van der Waals surface area contributed by atoms with Gasteiger partial charge in [-0.25, -0.2) is 18.2 Å². The van der Waals surface area contributed by atoms with Crippen LogP contribution in [0.2, 0.25) is 0 Å². The molecule has 0 spiro atoms. The molecule has 0 saturated heterocycles. The fourth-order valence-corrected chi connectivity index (χ4v) is 2.76. The van der Waals surface area contributed by atoms with Crippen molar-refractivity contribution in [2.75, 3.05) is 19.1 Å². The first-order chi connectivity index (χ1) is 17.2. The van der Waals surface area contributed by atoms with Gasteiger partial charge in [0.2, 0.25) is 34.8 Å². The normalized spacial score (nSPS) is 12.6. The Labute approximate surface area is 210 Å². The molecule has 13 heteroatoms. The van der Waals surface area contributed by atoms with Crippen molar-refractivity contribution in [2.24, 2.45) is 16.3 Å². The summed E-state index contributed by atoms with van der Waals surface area (Å²) in [6.45, 7) is 6.88. The van der Waals surface area contributed by atoms with Gasteiger partial charge in [-0.05, 0) is 31.3 Å². The number of hydrogen-bond acceptors (Lipinski definition) is 6. The molecule has 1 aliphatic heterocycles. The van der Waals surface area contributed by atoms with Crippen LogP contribution < -0.4 is 20.8 Å². The summed E-state index contributed by atoms with van der Waals surface area (Å²) in [6.07, 6.45) is 0.348. The van der Waals surface area contributed by atoms with Crippen molar-refractivity contribution < 1.29 is 41.1 Å². The average Bonchev–Trinajstić information content (AvgIpc) is 3.27. The van der Waals surface area contributed by atoms with E-state index in [9.17, 15) is 36.3 Å². The maximum absolute atomic E-state index is 12.8. The Morgan fingerprint density at radius 1 is 0.946 bits per heavy atom. The van der Waals surface area contributed by atoms with E-state index < -0.39 is 40.8 Å². The van der Waals surface area contributed by atoms with Crippen molar-refractivity contribution in [3.8, 4) is 5.75 Å². The monoisotopic (exact) mass is 530 g/mol. The van der Waals surface area contributed by atoms with E-state index in [1.54, 1.807) is 31.3 Å². The molecule has 1 heterocycles. The van der Waals surface area contributed by atoms with Gasteiger partial charge in [0.05, 0.1) is 17.8 Å². The second-order valence-corrected chi connectivity index (χ2v) is 8.30. The maximum Gasteiger partial charge on any atom is 0.308 e. The summed E-state index contributed by atoms with van der Waals surface area (Å²) in [4.78, 5) is 33.8. The predicted octanol–water partition coefficient (Wildman–Crippen LogP) is 4.07. The summed E-state index contributed by atoms with van der Waals surface area (Å²) in [7, 11) is 3.08. The number of nitrogens with two attached hydrogens (primary N) is 1. The van der Waals surface area contributed by atoms with E-state index in [0.29, 0.717) is 17.7 Å². The zero-order valence-electron chi connectivity index (χ0n) is 21.0. The molecule has 37 heavy (non-hydrogen) atoms. The summed E-state index contributed by atoms with van der Waals surface area (Å²) in [5.41, 5.74) is 6.50. The number of nitrogens with zero attached hydrogens (tertiary/aromatic N) is 2. The average molecular weight is 530 g/mol. The van der Waals surface area contributed by atoms with Crippen LogP contribution in [0, 0.1) is 34.5 Å². The number of amides is 2. The highest BCUT2D eigenvalue weighted by molar-refractivity contribution is 6.14. The number of carbonyl (C=O) groups is 3. The molecule has 1 aliphatic rings. The summed E-state index contributed by atoms with van der Waals surface area (Å²) < 4.78 is 66.9. The molecule has 0 unspecified atom stereocenters. The highest BCUT2D eigenvalue weighted by Crippen LogP contribution is 2.29. The van der Waals surface area contributed by atoms with Gasteiger partial charge in [-0.3, -0.25) is 14.4 Å². The molecule has 3 rings (SSSR count). The highest BCUT2D eigenvalue weighted by Gasteiger charge is 2.32. The Morgan fingerprint density at radius 2 is 1.41 bits per heavy atom. The maximum atomic E-state index is 12.8. The number of hydrogen-bond donors (Lipinski definition) is 2. The zero-order chi connectivity index (χ0) is 28.7. The molecule has 3 N–H and O–H groups in total. The van der Waals surface area contributed by atoms with Gasteiger partial charge in [-0.15, -0.1) is 0 Å². The van der Waals surface area contributed by atoms with Crippen LogP contribution in [-0.2, 0) is 9.59 Å². The zero-order valence-corrected chi connectivity index (χ0v) is 21.0. The predicted molar refractivity (Wildman–Crippen MR) is 126 cm³/mol. The van der Waals surface area contributed by atoms with Crippen molar-refractivity contribution in [1.29, 1.82) is 0 Å². The van der Waals surface area contributed by atoms with Crippen LogP contribution in [0.1, 0.15) is 44.5 Å². The summed E-state index contributed by atoms with van der Waals surface area (Å²) >= 11 is 0. The number of anilines is 1. The van der Waals surface area contributed by atoms with Crippen LogP contribution in [0.25, 0.3) is 0 Å². The standard InChI is InChI=1S/C15H19N3O2.C8H3F5O2.CH5N/c1-15(2,3)12-9-13(19)18(17-12)11-7-5-10(6-8-11)14(20)16-4;1-2(14)15-8-6(12)4(10)3(9)5(11)7(8)13;1-2/h5-8H,9H2,1-4H3,(H,16,20);1H3;2H2,1H3. The second-order valence-electron chi connectivity index (χ2n) is 8.30. The molecule has 0 saturated carbocycles. The van der Waals surface area contributed by atoms with E-state index in [1.807, 2.05) is 20.8 Å². The molecular weight excluding hydrogens is 503 g/mol. The molecule has 0 aliphatic carbocycles. The molecule has 2 aromatic carbocycles. The first kappa shape index (κ1) is 31.2. The van der Waals surface area contributed by atoms with Gasteiger partial charge < -0.3 is 15.8 Å². The minimum Gasteiger partial charge on any atom is -0.420 e. The number of ether oxygens (including phenoxy) is 1. The number of benzene rings is 2. The fourth-order valence-electron chi connectivity index (χ4n) is 2.76. The van der Waals surface area contributed by atoms with Gasteiger partial charge in [0.25, 0.3) is 11.8 Å². The molecular formula is C24H27F5N4O4. The number of halogens is 5. The SMILES string of the molecule is CC(=O)Oc1c(F)c(F)c(F)c(F)c1F.CN.CNC(=O)c1ccc(N2N=C(C(C)(C)C)CC2=O)cc1. The third-order valence-corrected chi connectivity index (χ3v) is 4.66. The largest absolute Gasteiger partial charge is 0.420 e. The van der Waals surface area contributed by atoms with Gasteiger partial charge in [-0.1, -0.05) is 20.8 Å². The molecule has 2 aromatic rings. The lowest BCUT2D eigenvalue weighted by atomic mass is 9.88. The first-order valence-electron chi connectivity index (χ1n) is 10.7. The molecule has 8 nitrogen and oxygen atoms in total. The lowest BCUT2D eigenvalue weighted by molar-refractivity contribution is -0.132. The quantitative estimate of drug-likeness (QED) is 0.204. The van der Waals surface area contributed by atoms with Gasteiger partial charge in [-0.2, -0.15) is 13.9 Å². The van der Waals surface area contributed by atoms with Crippen LogP contribution >= 0.6 is 0 Å². The summed E-state index contributed by atoms with van der Waals surface area (Å²) in [5, 5.41) is 8.38. The lowest BCUT2D eigenvalue weighted by Gasteiger charge is -2.16. The van der Waals surface area contributed by atoms with Crippen LogP contribution in [0.4, 0.5) is 27.6 Å². The number of hydrazone groups is 1. The Balaban J connectivity index is 0.000000360. The van der Waals surface area contributed by atoms with E-state index in [2.05, 4.69) is 20.9 Å². The molecule has 202 valence electrons. The minimum atomic E-state index is -2.30. The van der Waals surface area contributed by atoms with Crippen molar-refractivity contribution in [3.05, 3.63) is 58.9 Å². The number of nitrogens with one attached hydrogen (secondary N) is 1. The topological polar surface area (TPSA) is 114 Å². The van der Waals surface area contributed by atoms with E-state index >= 15 is 0 Å². The van der Waals surface area contributed by atoms with Gasteiger partial charge >= 0.3 is 5.97 Å². The Kier molecular flexibility index (Phi) is 10.9. The smallest absolute Gasteiger partial charge is 0.308 e. The Bertz CT molecular complexity index is 1170. The van der Waals surface area contributed by atoms with Crippen molar-refractivity contribution in [3.63, 3.8) is 0 Å². The molecule has 0 atom stereocenters. The minimum absolute atomic E-state index is 0.0392. The van der Waals surface area contributed by atoms with Crippen LogP contribution in [0.5, 0.6) is 5.75 Å². The van der Waals surface area contributed by atoms with Crippen LogP contribution in [-0.4, -0.2) is 37.6 Å². The highest BCUT2D eigenvalue weighted by atomic mass is 19.2. The van der Waals surface area contributed by atoms with Crippen molar-refractivity contribution in [1.82, 2.24) is 5.32 Å². The molecule has 2 amide bonds. The summed E-state index contributed by atoms with van der Waals surface area (Å²) in [6, 6.07) is 6.84. The van der Waals surface area contributed by atoms with Crippen molar-refractivity contribution >= 4 is 29.2 Å². The van der Waals surface area contributed by atoms with E-state index in [0.717, 1.165) is 12.6 Å². The number of esters is 1. The van der Waals surface area contributed by atoms with E-state index in [1.165, 1.54) is 12.1 Å². The van der Waals surface area contributed by atoms with Gasteiger partial charge in [0, 0.05) is 24.9 Å². The second kappa shape index (κ2) is 12.9. The van der Waals surface area contributed by atoms with Crippen LogP contribution in [0.15, 0.2) is 29.4 Å². The molecule has 0 bridgehead atoms. The lowest BCUT2D eigenvalue weighted by Crippen LogP contribution is -2.21. The van der Waals surface area contributed by atoms with Gasteiger partial charge in [0.15, 0.2) is 0 Å². The van der Waals surface area contributed by atoms with Gasteiger partial charge in [0.1, 0.15) is 0 Å². The van der Waals surface area contributed by atoms with E-state index in [-0.39, 0.29) is 17.2 Å². The Morgan fingerprint density at radius 3 is 1.78 bits per heavy atom. The fraction of sp³-hybridized carbons (Fsp3) is 0.333. The third-order valence-electron chi connectivity index (χ3n) is 4.66. The first-order valence-corrected chi connectivity index (χ1v) is 10.7. The van der Waals surface area contributed by atoms with Crippen LogP contribution in [0.3, 0.4) is 0 Å². The molecule has 0 aromatic heterocycles. The van der Waals surface area contributed by atoms with Crippen molar-refractivity contribution in [2.45, 2.75) is 34.1 Å².